The zero-order chi connectivity index (χ0) is 19.2. The van der Waals surface area contributed by atoms with Crippen LogP contribution in [0.25, 0.3) is 5.03 Å². The van der Waals surface area contributed by atoms with Crippen LogP contribution in [0, 0.1) is 6.92 Å². The Bertz CT molecular complexity index is 856. The largest absolute Gasteiger partial charge is 0.337 e. The molecule has 0 aliphatic carbocycles. The molecule has 4 nitrogen and oxygen atoms in total. The van der Waals surface area contributed by atoms with Gasteiger partial charge in [0, 0.05) is 18.7 Å². The molecule has 2 aromatic carbocycles. The SMILES string of the molecule is Cc1ccccc1C(Cl)=C(NC(=O)c1ccccc1)C(=O)N1CCCCC1. The van der Waals surface area contributed by atoms with Crippen LogP contribution in [0.4, 0.5) is 0 Å². The Morgan fingerprint density at radius 1 is 0.926 bits per heavy atom. The number of benzene rings is 2. The second kappa shape index (κ2) is 8.87. The van der Waals surface area contributed by atoms with E-state index >= 15 is 0 Å². The molecule has 1 aliphatic rings. The lowest BCUT2D eigenvalue weighted by Crippen LogP contribution is -2.41. The van der Waals surface area contributed by atoms with Crippen molar-refractivity contribution in [3.63, 3.8) is 0 Å². The Morgan fingerprint density at radius 2 is 1.56 bits per heavy atom. The van der Waals surface area contributed by atoms with Crippen LogP contribution in [0.1, 0.15) is 40.7 Å². The first-order valence-electron chi connectivity index (χ1n) is 9.19. The number of piperidine rings is 1. The van der Waals surface area contributed by atoms with Crippen LogP contribution in [0.3, 0.4) is 0 Å². The van der Waals surface area contributed by atoms with Gasteiger partial charge in [-0.25, -0.2) is 0 Å². The molecule has 0 bridgehead atoms. The molecule has 1 aliphatic heterocycles. The van der Waals surface area contributed by atoms with Gasteiger partial charge in [0.1, 0.15) is 5.70 Å². The first-order chi connectivity index (χ1) is 13.1. The number of nitrogens with zero attached hydrogens (tertiary/aromatic N) is 1. The molecule has 27 heavy (non-hydrogen) atoms. The molecule has 1 fully saturated rings. The standard InChI is InChI=1S/C22H23ClN2O2/c1-16-10-6-7-13-18(16)19(23)20(22(27)25-14-8-3-9-15-25)24-21(26)17-11-4-2-5-12-17/h2,4-7,10-13H,3,8-9,14-15H2,1H3,(H,24,26). The summed E-state index contributed by atoms with van der Waals surface area (Å²) in [6, 6.07) is 16.4. The maximum absolute atomic E-state index is 13.2. The number of halogens is 1. The van der Waals surface area contributed by atoms with Crippen molar-refractivity contribution in [3.8, 4) is 0 Å². The molecular weight excluding hydrogens is 360 g/mol. The van der Waals surface area contributed by atoms with Gasteiger partial charge in [-0.15, -0.1) is 0 Å². The summed E-state index contributed by atoms with van der Waals surface area (Å²) in [7, 11) is 0. The maximum atomic E-state index is 13.2. The summed E-state index contributed by atoms with van der Waals surface area (Å²) in [5.74, 6) is -0.574. The predicted molar refractivity (Wildman–Crippen MR) is 108 cm³/mol. The summed E-state index contributed by atoms with van der Waals surface area (Å²) in [5, 5.41) is 3.04. The summed E-state index contributed by atoms with van der Waals surface area (Å²) in [5.41, 5.74) is 2.31. The summed E-state index contributed by atoms with van der Waals surface area (Å²) in [6.07, 6.45) is 3.05. The van der Waals surface area contributed by atoms with Gasteiger partial charge in [0.2, 0.25) is 0 Å². The smallest absolute Gasteiger partial charge is 0.271 e. The van der Waals surface area contributed by atoms with E-state index in [9.17, 15) is 9.59 Å². The molecule has 0 unspecified atom stereocenters. The van der Waals surface area contributed by atoms with Crippen LogP contribution in [0.5, 0.6) is 0 Å². The summed E-state index contributed by atoms with van der Waals surface area (Å²) >= 11 is 6.64. The lowest BCUT2D eigenvalue weighted by Gasteiger charge is -2.28. The molecule has 1 heterocycles. The van der Waals surface area contributed by atoms with Crippen molar-refractivity contribution in [1.29, 1.82) is 0 Å². The number of carbonyl (C=O) groups is 2. The molecular formula is C22H23ClN2O2. The van der Waals surface area contributed by atoms with Gasteiger partial charge in [-0.2, -0.15) is 0 Å². The van der Waals surface area contributed by atoms with Gasteiger partial charge in [0.25, 0.3) is 11.8 Å². The number of likely N-dealkylation sites (tertiary alicyclic amines) is 1. The third-order valence-electron chi connectivity index (χ3n) is 4.73. The van der Waals surface area contributed by atoms with Crippen LogP contribution >= 0.6 is 11.6 Å². The molecule has 2 amide bonds. The minimum absolute atomic E-state index is 0.140. The number of aryl methyl sites for hydroxylation is 1. The zero-order valence-electron chi connectivity index (χ0n) is 15.4. The van der Waals surface area contributed by atoms with Gasteiger partial charge in [0.15, 0.2) is 0 Å². The van der Waals surface area contributed by atoms with Crippen LogP contribution < -0.4 is 5.32 Å². The molecule has 0 aromatic heterocycles. The van der Waals surface area contributed by atoms with E-state index in [1.54, 1.807) is 29.2 Å². The highest BCUT2D eigenvalue weighted by Gasteiger charge is 2.25. The monoisotopic (exact) mass is 382 g/mol. The van der Waals surface area contributed by atoms with E-state index in [1.165, 1.54) is 0 Å². The number of nitrogens with one attached hydrogen (secondary N) is 1. The molecule has 2 aromatic rings. The Morgan fingerprint density at radius 3 is 2.22 bits per heavy atom. The van der Waals surface area contributed by atoms with E-state index in [4.69, 9.17) is 11.6 Å². The van der Waals surface area contributed by atoms with Gasteiger partial charge in [0.05, 0.1) is 5.03 Å². The molecule has 1 saturated heterocycles. The number of carbonyl (C=O) groups excluding carboxylic acids is 2. The Labute approximate surface area is 164 Å². The molecule has 0 saturated carbocycles. The highest BCUT2D eigenvalue weighted by Crippen LogP contribution is 2.27. The van der Waals surface area contributed by atoms with Crippen LogP contribution in [-0.4, -0.2) is 29.8 Å². The van der Waals surface area contributed by atoms with Crippen molar-refractivity contribution in [2.45, 2.75) is 26.2 Å². The molecule has 140 valence electrons. The minimum Gasteiger partial charge on any atom is -0.337 e. The second-order valence-corrected chi connectivity index (χ2v) is 7.05. The number of amides is 2. The lowest BCUT2D eigenvalue weighted by molar-refractivity contribution is -0.128. The van der Waals surface area contributed by atoms with Gasteiger partial charge in [-0.1, -0.05) is 54.1 Å². The quantitative estimate of drug-likeness (QED) is 0.799. The average molecular weight is 383 g/mol. The predicted octanol–water partition coefficient (Wildman–Crippen LogP) is 4.34. The van der Waals surface area contributed by atoms with Gasteiger partial charge in [-0.3, -0.25) is 9.59 Å². The van der Waals surface area contributed by atoms with E-state index in [0.29, 0.717) is 18.7 Å². The lowest BCUT2D eigenvalue weighted by atomic mass is 10.1. The molecule has 3 rings (SSSR count). The van der Waals surface area contributed by atoms with Crippen molar-refractivity contribution in [2.75, 3.05) is 13.1 Å². The van der Waals surface area contributed by atoms with Crippen molar-refractivity contribution < 1.29 is 9.59 Å². The summed E-state index contributed by atoms with van der Waals surface area (Å²) in [6.45, 7) is 3.29. The third-order valence-corrected chi connectivity index (χ3v) is 5.13. The Balaban J connectivity index is 1.98. The normalized spacial score (nSPS) is 15.1. The molecule has 0 atom stereocenters. The second-order valence-electron chi connectivity index (χ2n) is 6.68. The van der Waals surface area contributed by atoms with E-state index in [1.807, 2.05) is 37.3 Å². The topological polar surface area (TPSA) is 49.4 Å². The maximum Gasteiger partial charge on any atom is 0.271 e. The van der Waals surface area contributed by atoms with Crippen LogP contribution in [0.15, 0.2) is 60.3 Å². The van der Waals surface area contributed by atoms with E-state index < -0.39 is 0 Å². The van der Waals surface area contributed by atoms with E-state index in [-0.39, 0.29) is 22.5 Å². The van der Waals surface area contributed by atoms with Crippen LogP contribution in [0.2, 0.25) is 0 Å². The van der Waals surface area contributed by atoms with Crippen molar-refractivity contribution in [1.82, 2.24) is 10.2 Å². The molecule has 0 radical (unpaired) electrons. The summed E-state index contributed by atoms with van der Waals surface area (Å²) in [4.78, 5) is 27.6. The Hall–Kier alpha value is -2.59. The van der Waals surface area contributed by atoms with Gasteiger partial charge >= 0.3 is 0 Å². The molecule has 1 N–H and O–H groups in total. The third kappa shape index (κ3) is 4.58. The number of hydrogen-bond acceptors (Lipinski definition) is 2. The van der Waals surface area contributed by atoms with Gasteiger partial charge < -0.3 is 10.2 Å². The van der Waals surface area contributed by atoms with E-state index in [0.717, 1.165) is 30.4 Å². The fraction of sp³-hybridized carbons (Fsp3) is 0.273. The first-order valence-corrected chi connectivity index (χ1v) is 9.57. The first kappa shape index (κ1) is 19.2. The summed E-state index contributed by atoms with van der Waals surface area (Å²) < 4.78 is 0. The minimum atomic E-state index is -0.345. The molecule has 5 heteroatoms. The highest BCUT2D eigenvalue weighted by molar-refractivity contribution is 6.51. The van der Waals surface area contributed by atoms with Crippen LogP contribution in [-0.2, 0) is 4.79 Å². The number of rotatable bonds is 4. The van der Waals surface area contributed by atoms with Crippen molar-refractivity contribution in [3.05, 3.63) is 77.0 Å². The van der Waals surface area contributed by atoms with Crippen molar-refractivity contribution >= 4 is 28.4 Å². The fourth-order valence-electron chi connectivity index (χ4n) is 3.19. The highest BCUT2D eigenvalue weighted by atomic mass is 35.5. The number of hydrogen-bond donors (Lipinski definition) is 1. The van der Waals surface area contributed by atoms with Crippen molar-refractivity contribution in [2.24, 2.45) is 0 Å². The fourth-order valence-corrected chi connectivity index (χ4v) is 3.53. The molecule has 0 spiro atoms. The zero-order valence-corrected chi connectivity index (χ0v) is 16.1. The van der Waals surface area contributed by atoms with E-state index in [2.05, 4.69) is 5.32 Å². The Kier molecular flexibility index (Phi) is 6.30. The average Bonchev–Trinajstić information content (AvgIpc) is 2.72. The van der Waals surface area contributed by atoms with Gasteiger partial charge in [-0.05, 0) is 49.4 Å².